The van der Waals surface area contributed by atoms with Crippen molar-refractivity contribution in [3.05, 3.63) is 90.4 Å². The average Bonchev–Trinajstić information content (AvgIpc) is 3.45. The summed E-state index contributed by atoms with van der Waals surface area (Å²) >= 11 is 0. The Kier molecular flexibility index (Phi) is 4.76. The van der Waals surface area contributed by atoms with Gasteiger partial charge in [-0.1, -0.05) is 36.4 Å². The summed E-state index contributed by atoms with van der Waals surface area (Å²) in [5, 5.41) is 11.7. The maximum absolute atomic E-state index is 13.0. The predicted molar refractivity (Wildman–Crippen MR) is 108 cm³/mol. The highest BCUT2D eigenvalue weighted by Crippen LogP contribution is 2.24. The molecule has 0 saturated heterocycles. The number of aromatic nitrogens is 4. The zero-order valence-corrected chi connectivity index (χ0v) is 15.8. The molecule has 1 atom stereocenters. The van der Waals surface area contributed by atoms with Crippen molar-refractivity contribution in [2.75, 3.05) is 7.05 Å². The van der Waals surface area contributed by atoms with Gasteiger partial charge >= 0.3 is 0 Å². The maximum atomic E-state index is 13.0. The summed E-state index contributed by atoms with van der Waals surface area (Å²) in [6.07, 6.45) is 3.57. The number of aromatic amines is 1. The number of H-pyrrole nitrogens is 1. The van der Waals surface area contributed by atoms with Gasteiger partial charge in [-0.05, 0) is 37.3 Å². The molecule has 2 aromatic carbocycles. The lowest BCUT2D eigenvalue weighted by atomic mass is 10.1. The quantitative estimate of drug-likeness (QED) is 0.574. The number of carbonyl (C=O) groups excluding carboxylic acids is 1. The van der Waals surface area contributed by atoms with Gasteiger partial charge in [-0.15, -0.1) is 0 Å². The second-order valence-electron chi connectivity index (χ2n) is 6.67. The summed E-state index contributed by atoms with van der Waals surface area (Å²) in [5.74, 6) is -0.0580. The van der Waals surface area contributed by atoms with E-state index in [0.717, 1.165) is 22.6 Å². The molecule has 0 aliphatic carbocycles. The third-order valence-corrected chi connectivity index (χ3v) is 4.88. The molecule has 0 radical (unpaired) electrons. The molecule has 2 aromatic heterocycles. The predicted octanol–water partition coefficient (Wildman–Crippen LogP) is 4.10. The molecule has 0 aliphatic heterocycles. The van der Waals surface area contributed by atoms with Gasteiger partial charge < -0.3 is 4.90 Å². The molecule has 0 unspecified atom stereocenters. The number of hydrogen-bond acceptors (Lipinski definition) is 3. The Balaban J connectivity index is 1.54. The van der Waals surface area contributed by atoms with Crippen LogP contribution in [0, 0.1) is 0 Å². The molecule has 1 N–H and O–H groups in total. The molecular weight excluding hydrogens is 350 g/mol. The molecule has 6 heteroatoms. The van der Waals surface area contributed by atoms with Crippen molar-refractivity contribution in [3.8, 4) is 16.9 Å². The molecule has 4 aromatic rings. The van der Waals surface area contributed by atoms with Gasteiger partial charge in [0.15, 0.2) is 0 Å². The van der Waals surface area contributed by atoms with Crippen LogP contribution in [-0.2, 0) is 0 Å². The van der Waals surface area contributed by atoms with E-state index in [1.807, 2.05) is 79.9 Å². The van der Waals surface area contributed by atoms with Crippen LogP contribution in [0.2, 0.25) is 0 Å². The van der Waals surface area contributed by atoms with Crippen LogP contribution in [0.5, 0.6) is 0 Å². The number of carbonyl (C=O) groups is 1. The van der Waals surface area contributed by atoms with E-state index in [-0.39, 0.29) is 11.9 Å². The van der Waals surface area contributed by atoms with E-state index in [2.05, 4.69) is 15.3 Å². The van der Waals surface area contributed by atoms with Crippen LogP contribution in [0.4, 0.5) is 0 Å². The van der Waals surface area contributed by atoms with E-state index in [9.17, 15) is 4.79 Å². The van der Waals surface area contributed by atoms with Crippen molar-refractivity contribution in [3.63, 3.8) is 0 Å². The molecule has 4 rings (SSSR count). The van der Waals surface area contributed by atoms with E-state index in [0.29, 0.717) is 5.56 Å². The molecule has 2 heterocycles. The van der Waals surface area contributed by atoms with Crippen LogP contribution in [0.25, 0.3) is 16.9 Å². The lowest BCUT2D eigenvalue weighted by molar-refractivity contribution is 0.0739. The highest BCUT2D eigenvalue weighted by atomic mass is 16.2. The summed E-state index contributed by atoms with van der Waals surface area (Å²) in [5.41, 5.74) is 4.26. The van der Waals surface area contributed by atoms with Gasteiger partial charge in [-0.2, -0.15) is 10.2 Å². The summed E-state index contributed by atoms with van der Waals surface area (Å²) < 4.78 is 1.74. The first-order valence-electron chi connectivity index (χ1n) is 9.11. The molecule has 0 bridgehead atoms. The van der Waals surface area contributed by atoms with Gasteiger partial charge in [-0.25, -0.2) is 4.68 Å². The largest absolute Gasteiger partial charge is 0.333 e. The smallest absolute Gasteiger partial charge is 0.254 e. The van der Waals surface area contributed by atoms with Crippen molar-refractivity contribution in [1.29, 1.82) is 0 Å². The average molecular weight is 371 g/mol. The van der Waals surface area contributed by atoms with Crippen molar-refractivity contribution in [2.45, 2.75) is 13.0 Å². The third kappa shape index (κ3) is 3.44. The molecule has 0 aliphatic rings. The van der Waals surface area contributed by atoms with E-state index >= 15 is 0 Å². The number of rotatable bonds is 5. The lowest BCUT2D eigenvalue weighted by Crippen LogP contribution is -2.30. The Hall–Kier alpha value is -3.67. The summed E-state index contributed by atoms with van der Waals surface area (Å²) in [6.45, 7) is 1.98. The van der Waals surface area contributed by atoms with Crippen LogP contribution in [0.1, 0.15) is 29.0 Å². The van der Waals surface area contributed by atoms with Gasteiger partial charge in [0.05, 0.1) is 23.1 Å². The van der Waals surface area contributed by atoms with Gasteiger partial charge in [0.1, 0.15) is 0 Å². The Morgan fingerprint density at radius 1 is 1.07 bits per heavy atom. The first-order chi connectivity index (χ1) is 13.6. The van der Waals surface area contributed by atoms with Crippen molar-refractivity contribution in [1.82, 2.24) is 24.9 Å². The third-order valence-electron chi connectivity index (χ3n) is 4.88. The van der Waals surface area contributed by atoms with Crippen LogP contribution < -0.4 is 0 Å². The zero-order valence-electron chi connectivity index (χ0n) is 15.8. The summed E-state index contributed by atoms with van der Waals surface area (Å²) in [7, 11) is 1.80. The van der Waals surface area contributed by atoms with Crippen molar-refractivity contribution < 1.29 is 4.79 Å². The Morgan fingerprint density at radius 2 is 1.89 bits per heavy atom. The topological polar surface area (TPSA) is 66.8 Å². The lowest BCUT2D eigenvalue weighted by Gasteiger charge is -2.24. The molecule has 6 nitrogen and oxygen atoms in total. The number of nitrogens with zero attached hydrogens (tertiary/aromatic N) is 4. The fraction of sp³-hybridized carbons (Fsp3) is 0.136. The van der Waals surface area contributed by atoms with Crippen molar-refractivity contribution >= 4 is 5.91 Å². The second kappa shape index (κ2) is 7.52. The SMILES string of the molecule is C[C@@H](c1cc(-c2ccccc2)n[nH]1)N(C)C(=O)c1cccc(-n2cccn2)c1. The first kappa shape index (κ1) is 17.7. The maximum Gasteiger partial charge on any atom is 0.254 e. The molecule has 1 amide bonds. The highest BCUT2D eigenvalue weighted by molar-refractivity contribution is 5.94. The minimum Gasteiger partial charge on any atom is -0.333 e. The van der Waals surface area contributed by atoms with Crippen LogP contribution in [0.3, 0.4) is 0 Å². The zero-order chi connectivity index (χ0) is 19.5. The fourth-order valence-corrected chi connectivity index (χ4v) is 3.10. The molecule has 0 saturated carbocycles. The van der Waals surface area contributed by atoms with E-state index in [4.69, 9.17) is 0 Å². The van der Waals surface area contributed by atoms with Crippen LogP contribution in [-0.4, -0.2) is 37.8 Å². The Bertz CT molecular complexity index is 1070. The summed E-state index contributed by atoms with van der Waals surface area (Å²) in [6, 6.07) is 21.1. The van der Waals surface area contributed by atoms with Gasteiger partial charge in [0.25, 0.3) is 5.91 Å². The molecule has 0 spiro atoms. The standard InChI is InChI=1S/C22H21N5O/c1-16(20-15-21(25-24-20)17-8-4-3-5-9-17)26(2)22(28)18-10-6-11-19(14-18)27-13-7-12-23-27/h3-16H,1-2H3,(H,24,25)/t16-/m0/s1. The minimum absolute atomic E-state index is 0.0580. The normalized spacial score (nSPS) is 11.9. The van der Waals surface area contributed by atoms with Crippen LogP contribution in [0.15, 0.2) is 79.1 Å². The highest BCUT2D eigenvalue weighted by Gasteiger charge is 2.21. The summed E-state index contributed by atoms with van der Waals surface area (Å²) in [4.78, 5) is 14.7. The van der Waals surface area contributed by atoms with Crippen LogP contribution >= 0.6 is 0 Å². The van der Waals surface area contributed by atoms with Gasteiger partial charge in [-0.3, -0.25) is 9.89 Å². The Morgan fingerprint density at radius 3 is 2.64 bits per heavy atom. The fourth-order valence-electron chi connectivity index (χ4n) is 3.10. The van der Waals surface area contributed by atoms with E-state index < -0.39 is 0 Å². The number of benzene rings is 2. The Labute approximate surface area is 163 Å². The van der Waals surface area contributed by atoms with E-state index in [1.54, 1.807) is 22.8 Å². The molecule has 28 heavy (non-hydrogen) atoms. The second-order valence-corrected chi connectivity index (χ2v) is 6.67. The molecular formula is C22H21N5O. The van der Waals surface area contributed by atoms with Gasteiger partial charge in [0.2, 0.25) is 0 Å². The monoisotopic (exact) mass is 371 g/mol. The van der Waals surface area contributed by atoms with Gasteiger partial charge in [0, 0.05) is 30.6 Å². The molecule has 140 valence electrons. The van der Waals surface area contributed by atoms with E-state index in [1.165, 1.54) is 0 Å². The number of amides is 1. The first-order valence-corrected chi connectivity index (χ1v) is 9.11. The molecule has 0 fully saturated rings. The number of nitrogens with one attached hydrogen (secondary N) is 1. The van der Waals surface area contributed by atoms with Crippen molar-refractivity contribution in [2.24, 2.45) is 0 Å². The minimum atomic E-state index is -0.147. The number of hydrogen-bond donors (Lipinski definition) is 1.